The number of hydrogen-bond acceptors (Lipinski definition) is 2. The average Bonchev–Trinajstić information content (AvgIpc) is 2.48. The molecule has 3 nitrogen and oxygen atoms in total. The first-order chi connectivity index (χ1) is 9.72. The maximum Gasteiger partial charge on any atom is 0.410 e. The number of likely N-dealkylation sites (tertiary alicyclic amines) is 1. The molecule has 2 unspecified atom stereocenters. The van der Waals surface area contributed by atoms with Crippen LogP contribution in [0.25, 0.3) is 0 Å². The number of rotatable bonds is 4. The minimum atomic E-state index is -0.994. The van der Waals surface area contributed by atoms with Crippen molar-refractivity contribution in [1.82, 2.24) is 4.90 Å². The summed E-state index contributed by atoms with van der Waals surface area (Å²) >= 11 is 0. The van der Waals surface area contributed by atoms with Crippen molar-refractivity contribution in [1.29, 1.82) is 0 Å². The molecule has 0 N–H and O–H groups in total. The van der Waals surface area contributed by atoms with Crippen molar-refractivity contribution in [3.8, 4) is 0 Å². The molecule has 0 saturated carbocycles. The van der Waals surface area contributed by atoms with E-state index in [9.17, 15) is 9.18 Å². The predicted octanol–water partition coefficient (Wildman–Crippen LogP) is 3.70. The van der Waals surface area contributed by atoms with Gasteiger partial charge in [-0.3, -0.25) is 0 Å². The van der Waals surface area contributed by atoms with Crippen molar-refractivity contribution < 1.29 is 13.9 Å². The quantitative estimate of drug-likeness (QED) is 0.785. The van der Waals surface area contributed by atoms with Gasteiger partial charge in [-0.2, -0.15) is 0 Å². The van der Waals surface area contributed by atoms with Crippen LogP contribution >= 0.6 is 0 Å². The number of carbonyl (C=O) groups is 1. The third-order valence-corrected chi connectivity index (χ3v) is 3.54. The zero-order valence-electron chi connectivity index (χ0n) is 11.5. The van der Waals surface area contributed by atoms with Crippen LogP contribution in [0.2, 0.25) is 0 Å². The standard InChI is InChI=1S/C16H20FNO2/c1-2-7-15-14(17)10-6-11-18(15)16(19)20-12-13-8-4-3-5-9-13/h2-5,8-9,14-15H,1,6-7,10-12H2. The summed E-state index contributed by atoms with van der Waals surface area (Å²) in [4.78, 5) is 13.6. The van der Waals surface area contributed by atoms with Crippen LogP contribution in [0.5, 0.6) is 0 Å². The highest BCUT2D eigenvalue weighted by atomic mass is 19.1. The first-order valence-electron chi connectivity index (χ1n) is 6.94. The Morgan fingerprint density at radius 1 is 1.45 bits per heavy atom. The summed E-state index contributed by atoms with van der Waals surface area (Å²) in [6, 6.07) is 9.03. The van der Waals surface area contributed by atoms with Crippen molar-refractivity contribution in [2.75, 3.05) is 6.54 Å². The Kier molecular flexibility index (Phi) is 5.16. The Hall–Kier alpha value is -1.84. The minimum absolute atomic E-state index is 0.216. The van der Waals surface area contributed by atoms with Crippen molar-refractivity contribution in [2.24, 2.45) is 0 Å². The molecule has 0 aromatic heterocycles. The van der Waals surface area contributed by atoms with Crippen molar-refractivity contribution in [3.63, 3.8) is 0 Å². The Bertz CT molecular complexity index is 449. The summed E-state index contributed by atoms with van der Waals surface area (Å²) in [5.41, 5.74) is 0.926. The van der Waals surface area contributed by atoms with E-state index in [2.05, 4.69) is 6.58 Å². The van der Waals surface area contributed by atoms with Crippen LogP contribution < -0.4 is 0 Å². The first-order valence-corrected chi connectivity index (χ1v) is 6.94. The zero-order chi connectivity index (χ0) is 14.4. The summed E-state index contributed by atoms with van der Waals surface area (Å²) in [6.07, 6.45) is 1.85. The number of hydrogen-bond donors (Lipinski definition) is 0. The van der Waals surface area contributed by atoms with E-state index in [1.165, 1.54) is 4.90 Å². The molecule has 0 spiro atoms. The Morgan fingerprint density at radius 2 is 2.20 bits per heavy atom. The maximum atomic E-state index is 13.9. The van der Waals surface area contributed by atoms with Gasteiger partial charge in [0.05, 0.1) is 6.04 Å². The highest BCUT2D eigenvalue weighted by Crippen LogP contribution is 2.24. The number of alkyl halides is 1. The smallest absolute Gasteiger partial charge is 0.410 e. The van der Waals surface area contributed by atoms with Gasteiger partial charge in [-0.05, 0) is 24.8 Å². The molecule has 1 heterocycles. The molecule has 1 aliphatic rings. The third-order valence-electron chi connectivity index (χ3n) is 3.54. The molecule has 108 valence electrons. The lowest BCUT2D eigenvalue weighted by Gasteiger charge is -2.36. The van der Waals surface area contributed by atoms with Crippen LogP contribution in [0.3, 0.4) is 0 Å². The largest absolute Gasteiger partial charge is 0.445 e. The van der Waals surface area contributed by atoms with Gasteiger partial charge in [-0.25, -0.2) is 9.18 Å². The molecule has 4 heteroatoms. The fourth-order valence-electron chi connectivity index (χ4n) is 2.48. The van der Waals surface area contributed by atoms with E-state index in [-0.39, 0.29) is 6.61 Å². The van der Waals surface area contributed by atoms with Gasteiger partial charge in [0.25, 0.3) is 0 Å². The molecule has 0 bridgehead atoms. The summed E-state index contributed by atoms with van der Waals surface area (Å²) in [5.74, 6) is 0. The van der Waals surface area contributed by atoms with Crippen LogP contribution in [-0.4, -0.2) is 29.8 Å². The van der Waals surface area contributed by atoms with Crippen molar-refractivity contribution >= 4 is 6.09 Å². The minimum Gasteiger partial charge on any atom is -0.445 e. The summed E-state index contributed by atoms with van der Waals surface area (Å²) in [5, 5.41) is 0. The number of nitrogens with zero attached hydrogens (tertiary/aromatic N) is 1. The van der Waals surface area contributed by atoms with E-state index >= 15 is 0 Å². The van der Waals surface area contributed by atoms with Crippen LogP contribution in [0.1, 0.15) is 24.8 Å². The summed E-state index contributed by atoms with van der Waals surface area (Å²) in [7, 11) is 0. The summed E-state index contributed by atoms with van der Waals surface area (Å²) < 4.78 is 19.2. The van der Waals surface area contributed by atoms with Crippen LogP contribution in [0, 0.1) is 0 Å². The maximum absolute atomic E-state index is 13.9. The van der Waals surface area contributed by atoms with Gasteiger partial charge >= 0.3 is 6.09 Å². The second kappa shape index (κ2) is 7.08. The third kappa shape index (κ3) is 3.59. The number of amides is 1. The summed E-state index contributed by atoms with van der Waals surface area (Å²) in [6.45, 7) is 4.40. The second-order valence-corrected chi connectivity index (χ2v) is 4.98. The Balaban J connectivity index is 1.94. The number of benzene rings is 1. The second-order valence-electron chi connectivity index (χ2n) is 4.98. The lowest BCUT2D eigenvalue weighted by molar-refractivity contribution is 0.0380. The van der Waals surface area contributed by atoms with Crippen molar-refractivity contribution in [3.05, 3.63) is 48.6 Å². The Labute approximate surface area is 119 Å². The molecule has 2 atom stereocenters. The molecule has 1 aliphatic heterocycles. The van der Waals surface area contributed by atoms with Gasteiger partial charge in [0.2, 0.25) is 0 Å². The van der Waals surface area contributed by atoms with E-state index < -0.39 is 18.3 Å². The van der Waals surface area contributed by atoms with Crippen molar-refractivity contribution in [2.45, 2.75) is 38.1 Å². The molecule has 1 aromatic carbocycles. The van der Waals surface area contributed by atoms with Gasteiger partial charge in [-0.15, -0.1) is 6.58 Å². The Morgan fingerprint density at radius 3 is 2.90 bits per heavy atom. The van der Waals surface area contributed by atoms with Gasteiger partial charge < -0.3 is 9.64 Å². The molecule has 2 rings (SSSR count). The van der Waals surface area contributed by atoms with E-state index in [0.29, 0.717) is 25.8 Å². The van der Waals surface area contributed by atoms with E-state index in [1.54, 1.807) is 6.08 Å². The van der Waals surface area contributed by atoms with Crippen LogP contribution in [-0.2, 0) is 11.3 Å². The molecule has 20 heavy (non-hydrogen) atoms. The molecule has 1 amide bonds. The molecule has 1 aromatic rings. The lowest BCUT2D eigenvalue weighted by Crippen LogP contribution is -2.49. The highest BCUT2D eigenvalue weighted by Gasteiger charge is 2.34. The van der Waals surface area contributed by atoms with Crippen LogP contribution in [0.15, 0.2) is 43.0 Å². The normalized spacial score (nSPS) is 22.4. The van der Waals surface area contributed by atoms with Gasteiger partial charge in [-0.1, -0.05) is 36.4 Å². The average molecular weight is 277 g/mol. The predicted molar refractivity (Wildman–Crippen MR) is 76.1 cm³/mol. The lowest BCUT2D eigenvalue weighted by atomic mass is 9.98. The van der Waals surface area contributed by atoms with Gasteiger partial charge in [0.15, 0.2) is 0 Å². The SMILES string of the molecule is C=CCC1C(F)CCCN1C(=O)OCc1ccccc1. The van der Waals surface area contributed by atoms with Gasteiger partial charge in [0.1, 0.15) is 12.8 Å². The topological polar surface area (TPSA) is 29.5 Å². The molecule has 1 saturated heterocycles. The monoisotopic (exact) mass is 277 g/mol. The first kappa shape index (κ1) is 14.6. The fourth-order valence-corrected chi connectivity index (χ4v) is 2.48. The number of piperidine rings is 1. The molecule has 0 aliphatic carbocycles. The van der Waals surface area contributed by atoms with Crippen LogP contribution in [0.4, 0.5) is 9.18 Å². The van der Waals surface area contributed by atoms with Gasteiger partial charge in [0, 0.05) is 6.54 Å². The van der Waals surface area contributed by atoms with E-state index in [1.807, 2.05) is 30.3 Å². The zero-order valence-corrected chi connectivity index (χ0v) is 11.5. The molecule has 0 radical (unpaired) electrons. The number of carbonyl (C=O) groups excluding carboxylic acids is 1. The molecule has 1 fully saturated rings. The van der Waals surface area contributed by atoms with E-state index in [0.717, 1.165) is 5.56 Å². The number of halogens is 1. The highest BCUT2D eigenvalue weighted by molar-refractivity contribution is 5.68. The fraction of sp³-hybridized carbons (Fsp3) is 0.438. The number of ether oxygens (including phenoxy) is 1. The molecular weight excluding hydrogens is 257 g/mol. The molecular formula is C16H20FNO2. The van der Waals surface area contributed by atoms with E-state index in [4.69, 9.17) is 4.74 Å².